The lowest BCUT2D eigenvalue weighted by Gasteiger charge is -2.29. The summed E-state index contributed by atoms with van der Waals surface area (Å²) in [6, 6.07) is 3.83. The highest BCUT2D eigenvalue weighted by molar-refractivity contribution is 5.55. The number of nitrogen functional groups attached to an aromatic ring is 1. The van der Waals surface area contributed by atoms with Gasteiger partial charge in [0.2, 0.25) is 5.95 Å². The molecule has 1 aliphatic rings. The quantitative estimate of drug-likeness (QED) is 0.892. The average Bonchev–Trinajstić information content (AvgIpc) is 2.63. The van der Waals surface area contributed by atoms with Crippen LogP contribution < -0.4 is 10.5 Å². The van der Waals surface area contributed by atoms with Crippen LogP contribution in [-0.2, 0) is 4.74 Å². The van der Waals surface area contributed by atoms with Gasteiger partial charge in [0.25, 0.3) is 0 Å². The number of nitrogens with zero attached hydrogens (tertiary/aromatic N) is 5. The van der Waals surface area contributed by atoms with Crippen LogP contribution in [0.5, 0.6) is 6.01 Å². The topological polar surface area (TPSA) is 120 Å². The number of ether oxygens (including phenoxy) is 2. The third kappa shape index (κ3) is 3.38. The fourth-order valence-corrected chi connectivity index (χ4v) is 2.36. The SMILES string of the molecule is N#CC1(COc2nccc(-c3nc(N)ncc3F)n2)CCOCC1. The van der Waals surface area contributed by atoms with E-state index in [1.165, 1.54) is 12.3 Å². The van der Waals surface area contributed by atoms with Crippen molar-refractivity contribution in [3.8, 4) is 23.5 Å². The predicted molar refractivity (Wildman–Crippen MR) is 81.0 cm³/mol. The Balaban J connectivity index is 1.78. The van der Waals surface area contributed by atoms with Gasteiger partial charge in [-0.25, -0.2) is 19.3 Å². The second-order valence-corrected chi connectivity index (χ2v) is 5.44. The maximum atomic E-state index is 13.8. The van der Waals surface area contributed by atoms with Gasteiger partial charge in [-0.15, -0.1) is 0 Å². The molecule has 0 atom stereocenters. The van der Waals surface area contributed by atoms with Crippen LogP contribution in [-0.4, -0.2) is 39.8 Å². The van der Waals surface area contributed by atoms with Gasteiger partial charge in [-0.05, 0) is 18.9 Å². The average molecular weight is 330 g/mol. The maximum Gasteiger partial charge on any atom is 0.317 e. The third-order valence-corrected chi connectivity index (χ3v) is 3.80. The van der Waals surface area contributed by atoms with Crippen molar-refractivity contribution in [2.24, 2.45) is 5.41 Å². The molecule has 3 heterocycles. The number of halogens is 1. The molecule has 0 radical (unpaired) electrons. The van der Waals surface area contributed by atoms with Gasteiger partial charge in [-0.1, -0.05) is 0 Å². The van der Waals surface area contributed by atoms with Gasteiger partial charge < -0.3 is 15.2 Å². The fourth-order valence-electron chi connectivity index (χ4n) is 2.36. The standard InChI is InChI=1S/C15H15FN6O2/c16-10-7-20-13(18)22-12(10)11-1-4-19-14(21-11)24-9-15(8-17)2-5-23-6-3-15/h1,4,7H,2-3,5-6,9H2,(H2,18,20,22). The Morgan fingerprint density at radius 2 is 2.12 bits per heavy atom. The van der Waals surface area contributed by atoms with Crippen molar-refractivity contribution in [3.63, 3.8) is 0 Å². The summed E-state index contributed by atoms with van der Waals surface area (Å²) in [6.45, 7) is 1.18. The molecule has 1 fully saturated rings. The summed E-state index contributed by atoms with van der Waals surface area (Å²) < 4.78 is 24.7. The van der Waals surface area contributed by atoms with E-state index >= 15 is 0 Å². The van der Waals surface area contributed by atoms with Crippen LogP contribution in [0.2, 0.25) is 0 Å². The molecule has 0 amide bonds. The van der Waals surface area contributed by atoms with E-state index in [-0.39, 0.29) is 30.0 Å². The lowest BCUT2D eigenvalue weighted by atomic mass is 9.83. The summed E-state index contributed by atoms with van der Waals surface area (Å²) in [4.78, 5) is 15.5. The van der Waals surface area contributed by atoms with Crippen molar-refractivity contribution in [2.45, 2.75) is 12.8 Å². The van der Waals surface area contributed by atoms with Gasteiger partial charge in [0, 0.05) is 19.4 Å². The molecule has 2 aromatic heterocycles. The first-order valence-corrected chi connectivity index (χ1v) is 7.35. The minimum atomic E-state index is -0.647. The van der Waals surface area contributed by atoms with E-state index in [0.717, 1.165) is 6.20 Å². The first-order valence-electron chi connectivity index (χ1n) is 7.35. The molecule has 0 saturated carbocycles. The Kier molecular flexibility index (Phi) is 4.48. The van der Waals surface area contributed by atoms with Crippen molar-refractivity contribution in [2.75, 3.05) is 25.6 Å². The van der Waals surface area contributed by atoms with Gasteiger partial charge >= 0.3 is 6.01 Å². The molecule has 0 spiro atoms. The van der Waals surface area contributed by atoms with E-state index in [1.54, 1.807) is 0 Å². The summed E-state index contributed by atoms with van der Waals surface area (Å²) in [7, 11) is 0. The van der Waals surface area contributed by atoms with Crippen molar-refractivity contribution < 1.29 is 13.9 Å². The minimum absolute atomic E-state index is 0.0317. The van der Waals surface area contributed by atoms with Crippen LogP contribution in [0.15, 0.2) is 18.5 Å². The molecule has 8 nitrogen and oxygen atoms in total. The molecule has 124 valence electrons. The lowest BCUT2D eigenvalue weighted by Crippen LogP contribution is -2.34. The summed E-state index contributed by atoms with van der Waals surface area (Å²) >= 11 is 0. The number of anilines is 1. The zero-order chi connectivity index (χ0) is 17.0. The van der Waals surface area contributed by atoms with Crippen LogP contribution in [0.25, 0.3) is 11.4 Å². The molecule has 0 aliphatic carbocycles. The second-order valence-electron chi connectivity index (χ2n) is 5.44. The van der Waals surface area contributed by atoms with Crippen molar-refractivity contribution >= 4 is 5.95 Å². The monoisotopic (exact) mass is 330 g/mol. The van der Waals surface area contributed by atoms with Gasteiger partial charge in [0.15, 0.2) is 5.82 Å². The number of nitriles is 1. The van der Waals surface area contributed by atoms with E-state index in [1.807, 2.05) is 0 Å². The summed E-state index contributed by atoms with van der Waals surface area (Å²) in [5, 5.41) is 9.41. The maximum absolute atomic E-state index is 13.8. The number of nitrogens with two attached hydrogens (primary N) is 1. The predicted octanol–water partition coefficient (Wildman–Crippen LogP) is 1.35. The molecular weight excluding hydrogens is 315 g/mol. The number of rotatable bonds is 4. The Labute approximate surface area is 137 Å². The summed E-state index contributed by atoms with van der Waals surface area (Å²) in [5.41, 5.74) is 5.06. The van der Waals surface area contributed by atoms with Crippen LogP contribution in [0.1, 0.15) is 12.8 Å². The number of hydrogen-bond acceptors (Lipinski definition) is 8. The van der Waals surface area contributed by atoms with Crippen LogP contribution in [0.4, 0.5) is 10.3 Å². The van der Waals surface area contributed by atoms with Gasteiger partial charge in [0.1, 0.15) is 12.3 Å². The van der Waals surface area contributed by atoms with Crippen molar-refractivity contribution in [1.82, 2.24) is 19.9 Å². The van der Waals surface area contributed by atoms with E-state index < -0.39 is 11.2 Å². The molecule has 0 bridgehead atoms. The molecule has 2 N–H and O–H groups in total. The Morgan fingerprint density at radius 1 is 1.33 bits per heavy atom. The highest BCUT2D eigenvalue weighted by Crippen LogP contribution is 2.30. The van der Waals surface area contributed by atoms with Gasteiger partial charge in [-0.3, -0.25) is 0 Å². The van der Waals surface area contributed by atoms with Crippen LogP contribution >= 0.6 is 0 Å². The van der Waals surface area contributed by atoms with E-state index in [9.17, 15) is 9.65 Å². The highest BCUT2D eigenvalue weighted by Gasteiger charge is 2.34. The Morgan fingerprint density at radius 3 is 2.88 bits per heavy atom. The fraction of sp³-hybridized carbons (Fsp3) is 0.400. The van der Waals surface area contributed by atoms with E-state index in [4.69, 9.17) is 15.2 Å². The molecule has 0 aromatic carbocycles. The first-order chi connectivity index (χ1) is 11.6. The van der Waals surface area contributed by atoms with E-state index in [0.29, 0.717) is 26.1 Å². The first kappa shape index (κ1) is 16.0. The molecule has 9 heteroatoms. The largest absolute Gasteiger partial charge is 0.462 e. The van der Waals surface area contributed by atoms with Gasteiger partial charge in [-0.2, -0.15) is 10.2 Å². The summed E-state index contributed by atoms with van der Waals surface area (Å²) in [6.07, 6.45) is 3.58. The number of hydrogen-bond donors (Lipinski definition) is 1. The van der Waals surface area contributed by atoms with Gasteiger partial charge in [0.05, 0.1) is 23.4 Å². The molecule has 1 saturated heterocycles. The normalized spacial score (nSPS) is 16.3. The lowest BCUT2D eigenvalue weighted by molar-refractivity contribution is 0.0174. The van der Waals surface area contributed by atoms with Crippen LogP contribution in [0, 0.1) is 22.6 Å². The molecule has 3 rings (SSSR count). The summed E-state index contributed by atoms with van der Waals surface area (Å²) in [5.74, 6) is -0.704. The smallest absolute Gasteiger partial charge is 0.317 e. The highest BCUT2D eigenvalue weighted by atomic mass is 19.1. The number of aromatic nitrogens is 4. The van der Waals surface area contributed by atoms with Crippen LogP contribution in [0.3, 0.4) is 0 Å². The zero-order valence-electron chi connectivity index (χ0n) is 12.8. The van der Waals surface area contributed by atoms with E-state index in [2.05, 4.69) is 26.0 Å². The molecular formula is C15H15FN6O2. The Hall–Kier alpha value is -2.86. The third-order valence-electron chi connectivity index (χ3n) is 3.80. The molecule has 24 heavy (non-hydrogen) atoms. The van der Waals surface area contributed by atoms with Crippen molar-refractivity contribution in [1.29, 1.82) is 5.26 Å². The molecule has 0 unspecified atom stereocenters. The minimum Gasteiger partial charge on any atom is -0.462 e. The second kappa shape index (κ2) is 6.72. The zero-order valence-corrected chi connectivity index (χ0v) is 12.8. The Bertz CT molecular complexity index is 773. The molecule has 1 aliphatic heterocycles. The molecule has 2 aromatic rings. The van der Waals surface area contributed by atoms with Crippen molar-refractivity contribution in [3.05, 3.63) is 24.3 Å².